The lowest BCUT2D eigenvalue weighted by Crippen LogP contribution is -2.16. The fourth-order valence-corrected chi connectivity index (χ4v) is 7.27. The second-order valence-corrected chi connectivity index (χ2v) is 10.6. The Labute approximate surface area is 203 Å². The lowest BCUT2D eigenvalue weighted by molar-refractivity contribution is -0.113. The smallest absolute Gasteiger partial charge is 0.348 e. The van der Waals surface area contributed by atoms with Gasteiger partial charge in [-0.05, 0) is 50.7 Å². The summed E-state index contributed by atoms with van der Waals surface area (Å²) in [6.45, 7) is 3.48. The van der Waals surface area contributed by atoms with E-state index in [9.17, 15) is 14.4 Å². The Kier molecular flexibility index (Phi) is 7.01. The van der Waals surface area contributed by atoms with Gasteiger partial charge < -0.3 is 14.8 Å². The molecule has 0 aromatic carbocycles. The molecule has 0 radical (unpaired) electrons. The standard InChI is InChI=1S/C22H23N3O5S3/c1-10-15(21(27)29-3)19(33-17(10)22(28)30-4)25-14(26)9-31-18-16-12-7-5-6-8-13(12)32-20(16)24-11(2)23-18/h5-9H2,1-4H3,(H,25,26). The number of ether oxygens (including phenoxy) is 2. The van der Waals surface area contributed by atoms with Crippen LogP contribution in [-0.2, 0) is 27.1 Å². The highest BCUT2D eigenvalue weighted by Gasteiger charge is 2.27. The molecular weight excluding hydrogens is 482 g/mol. The summed E-state index contributed by atoms with van der Waals surface area (Å²) in [5.41, 5.74) is 1.89. The van der Waals surface area contributed by atoms with Gasteiger partial charge >= 0.3 is 11.9 Å². The first-order chi connectivity index (χ1) is 15.8. The van der Waals surface area contributed by atoms with Crippen molar-refractivity contribution in [3.63, 3.8) is 0 Å². The molecule has 33 heavy (non-hydrogen) atoms. The van der Waals surface area contributed by atoms with Crippen molar-refractivity contribution >= 4 is 67.5 Å². The number of carbonyl (C=O) groups is 3. The van der Waals surface area contributed by atoms with Crippen LogP contribution in [0.3, 0.4) is 0 Å². The average molecular weight is 506 g/mol. The van der Waals surface area contributed by atoms with E-state index in [1.54, 1.807) is 18.3 Å². The van der Waals surface area contributed by atoms with Crippen LogP contribution in [0, 0.1) is 13.8 Å². The summed E-state index contributed by atoms with van der Waals surface area (Å²) >= 11 is 4.07. The van der Waals surface area contributed by atoms with Crippen LogP contribution in [0.1, 0.15) is 54.7 Å². The minimum Gasteiger partial charge on any atom is -0.465 e. The van der Waals surface area contributed by atoms with Crippen LogP contribution in [0.5, 0.6) is 0 Å². The molecule has 1 N–H and O–H groups in total. The fourth-order valence-electron chi connectivity index (χ4n) is 3.86. The van der Waals surface area contributed by atoms with Gasteiger partial charge in [0.05, 0.1) is 25.5 Å². The summed E-state index contributed by atoms with van der Waals surface area (Å²) in [5, 5.41) is 4.90. The van der Waals surface area contributed by atoms with Gasteiger partial charge in [-0.25, -0.2) is 19.6 Å². The molecule has 0 saturated heterocycles. The van der Waals surface area contributed by atoms with Crippen molar-refractivity contribution in [2.45, 2.75) is 44.6 Å². The zero-order valence-corrected chi connectivity index (χ0v) is 21.1. The molecule has 1 aliphatic carbocycles. The maximum absolute atomic E-state index is 12.8. The van der Waals surface area contributed by atoms with Gasteiger partial charge in [-0.15, -0.1) is 22.7 Å². The fraction of sp³-hybridized carbons (Fsp3) is 0.409. The Balaban J connectivity index is 1.57. The molecule has 4 rings (SSSR count). The average Bonchev–Trinajstić information content (AvgIpc) is 3.33. The largest absolute Gasteiger partial charge is 0.465 e. The molecule has 1 aliphatic rings. The monoisotopic (exact) mass is 505 g/mol. The van der Waals surface area contributed by atoms with Gasteiger partial charge in [0.2, 0.25) is 5.91 Å². The van der Waals surface area contributed by atoms with E-state index in [1.807, 2.05) is 6.92 Å². The number of hydrogen-bond acceptors (Lipinski definition) is 10. The third-order valence-corrected chi connectivity index (χ3v) is 8.74. The number of thioether (sulfide) groups is 1. The number of carbonyl (C=O) groups excluding carboxylic acids is 3. The Hall–Kier alpha value is -2.50. The lowest BCUT2D eigenvalue weighted by atomic mass is 9.97. The van der Waals surface area contributed by atoms with Crippen molar-refractivity contribution in [2.75, 3.05) is 25.3 Å². The summed E-state index contributed by atoms with van der Waals surface area (Å²) in [6.07, 6.45) is 4.41. The van der Waals surface area contributed by atoms with Gasteiger partial charge in [0.15, 0.2) is 0 Å². The molecule has 8 nitrogen and oxygen atoms in total. The second-order valence-electron chi connectivity index (χ2n) is 7.55. The van der Waals surface area contributed by atoms with Crippen LogP contribution in [0.15, 0.2) is 5.03 Å². The maximum atomic E-state index is 12.8. The molecule has 0 fully saturated rings. The van der Waals surface area contributed by atoms with Gasteiger partial charge in [0, 0.05) is 10.3 Å². The van der Waals surface area contributed by atoms with E-state index in [4.69, 9.17) is 9.47 Å². The number of nitrogens with zero attached hydrogens (tertiary/aromatic N) is 2. The molecule has 11 heteroatoms. The van der Waals surface area contributed by atoms with Gasteiger partial charge in [0.25, 0.3) is 0 Å². The molecule has 0 unspecified atom stereocenters. The summed E-state index contributed by atoms with van der Waals surface area (Å²) in [6, 6.07) is 0. The zero-order valence-electron chi connectivity index (χ0n) is 18.7. The quantitative estimate of drug-likeness (QED) is 0.295. The molecule has 3 aromatic rings. The van der Waals surface area contributed by atoms with Crippen molar-refractivity contribution in [3.8, 4) is 0 Å². The predicted molar refractivity (Wildman–Crippen MR) is 130 cm³/mol. The topological polar surface area (TPSA) is 107 Å². The van der Waals surface area contributed by atoms with E-state index in [-0.39, 0.29) is 27.1 Å². The molecule has 3 heterocycles. The Morgan fingerprint density at radius 2 is 1.76 bits per heavy atom. The van der Waals surface area contributed by atoms with E-state index in [0.717, 1.165) is 45.8 Å². The molecule has 0 saturated carbocycles. The van der Waals surface area contributed by atoms with Crippen LogP contribution in [0.2, 0.25) is 0 Å². The summed E-state index contributed by atoms with van der Waals surface area (Å²) in [4.78, 5) is 49.0. The van der Waals surface area contributed by atoms with Crippen molar-refractivity contribution in [3.05, 3.63) is 32.3 Å². The molecule has 0 spiro atoms. The van der Waals surface area contributed by atoms with E-state index in [1.165, 1.54) is 42.8 Å². The van der Waals surface area contributed by atoms with Crippen LogP contribution >= 0.6 is 34.4 Å². The molecule has 174 valence electrons. The van der Waals surface area contributed by atoms with Crippen LogP contribution in [0.4, 0.5) is 5.00 Å². The number of thiophene rings is 2. The second kappa shape index (κ2) is 9.78. The van der Waals surface area contributed by atoms with E-state index in [0.29, 0.717) is 11.4 Å². The number of hydrogen-bond donors (Lipinski definition) is 1. The first-order valence-electron chi connectivity index (χ1n) is 10.4. The highest BCUT2D eigenvalue weighted by atomic mass is 32.2. The zero-order chi connectivity index (χ0) is 23.7. The van der Waals surface area contributed by atoms with Gasteiger partial charge in [-0.2, -0.15) is 0 Å². The number of amides is 1. The Morgan fingerprint density at radius 3 is 2.48 bits per heavy atom. The summed E-state index contributed by atoms with van der Waals surface area (Å²) in [7, 11) is 2.52. The third kappa shape index (κ3) is 4.62. The molecule has 0 aliphatic heterocycles. The lowest BCUT2D eigenvalue weighted by Gasteiger charge is -2.12. The van der Waals surface area contributed by atoms with Crippen molar-refractivity contribution in [2.24, 2.45) is 0 Å². The maximum Gasteiger partial charge on any atom is 0.348 e. The van der Waals surface area contributed by atoms with Gasteiger partial charge in [-0.3, -0.25) is 4.79 Å². The summed E-state index contributed by atoms with van der Waals surface area (Å²) < 4.78 is 9.63. The van der Waals surface area contributed by atoms with Gasteiger partial charge in [0.1, 0.15) is 25.6 Å². The molecule has 1 amide bonds. The first kappa shape index (κ1) is 23.7. The van der Waals surface area contributed by atoms with Crippen molar-refractivity contribution in [1.82, 2.24) is 9.97 Å². The number of nitrogens with one attached hydrogen (secondary N) is 1. The minimum atomic E-state index is -0.625. The van der Waals surface area contributed by atoms with Gasteiger partial charge in [-0.1, -0.05) is 11.8 Å². The molecule has 0 bridgehead atoms. The third-order valence-electron chi connectivity index (χ3n) is 5.39. The summed E-state index contributed by atoms with van der Waals surface area (Å²) in [5.74, 6) is -0.732. The normalized spacial score (nSPS) is 13.0. The molecular formula is C22H23N3O5S3. The van der Waals surface area contributed by atoms with Crippen LogP contribution in [-0.4, -0.2) is 47.8 Å². The number of methoxy groups -OCH3 is 2. The number of aryl methyl sites for hydroxylation is 3. The number of anilines is 1. The van der Waals surface area contributed by atoms with Crippen molar-refractivity contribution in [1.29, 1.82) is 0 Å². The SMILES string of the molecule is COC(=O)c1sc(NC(=O)CSc2nc(C)nc3sc4c(c23)CCCC4)c(C(=O)OC)c1C. The van der Waals surface area contributed by atoms with Crippen molar-refractivity contribution < 1.29 is 23.9 Å². The number of rotatable bonds is 6. The van der Waals surface area contributed by atoms with Crippen LogP contribution in [0.25, 0.3) is 10.2 Å². The van der Waals surface area contributed by atoms with E-state index in [2.05, 4.69) is 15.3 Å². The van der Waals surface area contributed by atoms with Crippen LogP contribution < -0.4 is 5.32 Å². The Morgan fingerprint density at radius 1 is 1.03 bits per heavy atom. The number of esters is 2. The highest BCUT2D eigenvalue weighted by molar-refractivity contribution is 8.00. The molecule has 3 aromatic heterocycles. The Bertz CT molecular complexity index is 1260. The number of fused-ring (bicyclic) bond motifs is 3. The first-order valence-corrected chi connectivity index (χ1v) is 13.0. The number of aromatic nitrogens is 2. The van der Waals surface area contributed by atoms with E-state index >= 15 is 0 Å². The van der Waals surface area contributed by atoms with E-state index < -0.39 is 11.9 Å². The minimum absolute atomic E-state index is 0.0985. The molecule has 0 atom stereocenters. The predicted octanol–water partition coefficient (Wildman–Crippen LogP) is 4.55. The highest BCUT2D eigenvalue weighted by Crippen LogP contribution is 2.40.